The first-order valence-electron chi connectivity index (χ1n) is 13.5. The quantitative estimate of drug-likeness (QED) is 0.0803. The molecule has 0 fully saturated rings. The molecule has 0 heterocycles. The molecule has 2 amide bonds. The van der Waals surface area contributed by atoms with E-state index in [1.165, 1.54) is 6.07 Å². The molecule has 8 N–H and O–H groups in total. The predicted molar refractivity (Wildman–Crippen MR) is 165 cm³/mol. The van der Waals surface area contributed by atoms with Gasteiger partial charge in [-0.2, -0.15) is 0 Å². The highest BCUT2D eigenvalue weighted by Crippen LogP contribution is 2.30. The first-order chi connectivity index (χ1) is 20.4. The summed E-state index contributed by atoms with van der Waals surface area (Å²) < 4.78 is 28.8. The fraction of sp³-hybridized carbons (Fsp3) is 0.310. The molecule has 0 saturated carbocycles. The topological polar surface area (TPSA) is 209 Å². The highest BCUT2D eigenvalue weighted by atomic mass is 32.2. The zero-order valence-corrected chi connectivity index (χ0v) is 24.8. The zero-order valence-electron chi connectivity index (χ0n) is 24.0. The number of fused-ring (bicyclic) bond motifs is 1. The van der Waals surface area contributed by atoms with Gasteiger partial charge in [0.25, 0.3) is 0 Å². The van der Waals surface area contributed by atoms with Gasteiger partial charge in [-0.15, -0.1) is 0 Å². The molecule has 0 radical (unpaired) electrons. The Labute approximate surface area is 250 Å². The van der Waals surface area contributed by atoms with Crippen molar-refractivity contribution >= 4 is 50.2 Å². The van der Waals surface area contributed by atoms with Gasteiger partial charge in [0.15, 0.2) is 5.96 Å². The number of amides is 2. The van der Waals surface area contributed by atoms with Gasteiger partial charge in [0.05, 0.1) is 11.4 Å². The number of aliphatic imine (C=N–C) groups is 1. The molecular weight excluding hydrogens is 574 g/mol. The highest BCUT2D eigenvalue weighted by Gasteiger charge is 2.27. The number of sulfonamides is 1. The van der Waals surface area contributed by atoms with Crippen LogP contribution in [0.4, 0.5) is 5.69 Å². The molecule has 0 aliphatic heterocycles. The maximum atomic E-state index is 13.3. The number of guanidine groups is 1. The van der Waals surface area contributed by atoms with Gasteiger partial charge in [-0.1, -0.05) is 54.6 Å². The second kappa shape index (κ2) is 15.0. The molecule has 2 atom stereocenters. The Bertz CT molecular complexity index is 1570. The molecule has 3 aromatic carbocycles. The fourth-order valence-electron chi connectivity index (χ4n) is 4.46. The molecule has 13 nitrogen and oxygen atoms in total. The lowest BCUT2D eigenvalue weighted by Crippen LogP contribution is -2.53. The number of carbonyl (C=O) groups excluding carboxylic acids is 2. The van der Waals surface area contributed by atoms with Gasteiger partial charge in [0.1, 0.15) is 12.1 Å². The summed E-state index contributed by atoms with van der Waals surface area (Å²) in [5, 5.41) is 15.8. The lowest BCUT2D eigenvalue weighted by atomic mass is 10.0. The van der Waals surface area contributed by atoms with E-state index < -0.39 is 46.4 Å². The lowest BCUT2D eigenvalue weighted by Gasteiger charge is -2.22. The zero-order chi connectivity index (χ0) is 31.6. The maximum Gasteiger partial charge on any atom is 0.326 e. The van der Waals surface area contributed by atoms with Crippen LogP contribution in [-0.4, -0.2) is 76.5 Å². The number of hydrogen-bond acceptors (Lipinski definition) is 7. The van der Waals surface area contributed by atoms with Gasteiger partial charge in [0.2, 0.25) is 21.8 Å². The van der Waals surface area contributed by atoms with E-state index in [2.05, 4.69) is 20.3 Å². The number of anilines is 1. The number of carboxylic acids is 1. The molecule has 3 rings (SSSR count). The number of nitrogens with two attached hydrogens (primary N) is 2. The van der Waals surface area contributed by atoms with E-state index >= 15 is 0 Å². The number of carboxylic acid groups (broad SMARTS) is 1. The van der Waals surface area contributed by atoms with Gasteiger partial charge in [0, 0.05) is 43.5 Å². The second-order valence-corrected chi connectivity index (χ2v) is 11.7. The van der Waals surface area contributed by atoms with Crippen LogP contribution >= 0.6 is 0 Å². The maximum absolute atomic E-state index is 13.3. The second-order valence-electron chi connectivity index (χ2n) is 10.0. The summed E-state index contributed by atoms with van der Waals surface area (Å²) >= 11 is 0. The molecule has 14 heteroatoms. The van der Waals surface area contributed by atoms with Crippen molar-refractivity contribution in [1.82, 2.24) is 15.4 Å². The van der Waals surface area contributed by atoms with Crippen LogP contribution in [0.1, 0.15) is 18.4 Å². The summed E-state index contributed by atoms with van der Waals surface area (Å²) in [6.07, 6.45) is 0.378. The summed E-state index contributed by atoms with van der Waals surface area (Å²) in [7, 11) is -0.418. The van der Waals surface area contributed by atoms with Crippen molar-refractivity contribution in [1.29, 1.82) is 0 Å². The number of nitrogens with one attached hydrogen (secondary N) is 3. The van der Waals surface area contributed by atoms with Gasteiger partial charge in [-0.25, -0.2) is 17.9 Å². The standard InChI is InChI=1S/C29H37N7O6S/c1-36(2)24-14-6-12-21-20(24)11-7-15-25(21)43(41,42)33-18-26(37)34-23(17-19-9-4-3-5-10-19)27(38)35-22(28(39)40)13-8-16-32-29(30)31/h3-7,9-12,14-15,22-23,33H,8,13,16-18H2,1-2H3,(H,34,37)(H,35,38)(H,39,40)(H4,30,31,32). The third-order valence-corrected chi connectivity index (χ3v) is 8.01. The van der Waals surface area contributed by atoms with Crippen molar-refractivity contribution in [3.8, 4) is 0 Å². The molecule has 0 aliphatic rings. The van der Waals surface area contributed by atoms with Crippen LogP contribution in [-0.2, 0) is 30.8 Å². The van der Waals surface area contributed by atoms with Crippen molar-refractivity contribution in [3.63, 3.8) is 0 Å². The van der Waals surface area contributed by atoms with Crippen molar-refractivity contribution in [2.45, 2.75) is 36.2 Å². The highest BCUT2D eigenvalue weighted by molar-refractivity contribution is 7.89. The van der Waals surface area contributed by atoms with Crippen LogP contribution in [0.3, 0.4) is 0 Å². The van der Waals surface area contributed by atoms with E-state index in [1.54, 1.807) is 48.5 Å². The number of nitrogens with zero attached hydrogens (tertiary/aromatic N) is 2. The molecule has 0 spiro atoms. The Morgan fingerprint density at radius 2 is 1.58 bits per heavy atom. The number of carbonyl (C=O) groups is 3. The largest absolute Gasteiger partial charge is 0.480 e. The Balaban J connectivity index is 1.74. The van der Waals surface area contributed by atoms with Crippen molar-refractivity contribution in [3.05, 3.63) is 72.3 Å². The van der Waals surface area contributed by atoms with Gasteiger partial charge in [-0.3, -0.25) is 14.6 Å². The summed E-state index contributed by atoms with van der Waals surface area (Å²) in [6.45, 7) is -0.467. The van der Waals surface area contributed by atoms with Crippen LogP contribution in [0.5, 0.6) is 0 Å². The first kappa shape index (κ1) is 32.8. The molecule has 0 aromatic heterocycles. The number of benzene rings is 3. The molecule has 230 valence electrons. The van der Waals surface area contributed by atoms with Crippen LogP contribution in [0.2, 0.25) is 0 Å². The van der Waals surface area contributed by atoms with Crippen molar-refractivity contribution < 1.29 is 27.9 Å². The molecule has 2 unspecified atom stereocenters. The third kappa shape index (κ3) is 9.41. The minimum Gasteiger partial charge on any atom is -0.480 e. The van der Waals surface area contributed by atoms with E-state index in [9.17, 15) is 27.9 Å². The van der Waals surface area contributed by atoms with Crippen molar-refractivity contribution in [2.24, 2.45) is 16.5 Å². The van der Waals surface area contributed by atoms with Gasteiger partial charge < -0.3 is 32.1 Å². The average Bonchev–Trinajstić information content (AvgIpc) is 2.96. The molecular formula is C29H37N7O6S. The predicted octanol–water partition coefficient (Wildman–Crippen LogP) is 0.535. The molecule has 0 bridgehead atoms. The SMILES string of the molecule is CN(C)c1cccc2c(S(=O)(=O)NCC(=O)NC(Cc3ccccc3)C(=O)NC(CCCN=C(N)N)C(=O)O)cccc12. The first-order valence-corrected chi connectivity index (χ1v) is 15.0. The van der Waals surface area contributed by atoms with E-state index in [4.69, 9.17) is 11.5 Å². The molecule has 3 aromatic rings. The van der Waals surface area contributed by atoms with E-state index in [0.29, 0.717) is 10.9 Å². The van der Waals surface area contributed by atoms with Crippen LogP contribution in [0, 0.1) is 0 Å². The Hall–Kier alpha value is -4.69. The van der Waals surface area contributed by atoms with E-state index in [1.807, 2.05) is 31.1 Å². The molecule has 0 saturated heterocycles. The Morgan fingerprint density at radius 1 is 0.907 bits per heavy atom. The smallest absolute Gasteiger partial charge is 0.326 e. The minimum atomic E-state index is -4.12. The van der Waals surface area contributed by atoms with Crippen LogP contribution < -0.4 is 31.7 Å². The normalized spacial score (nSPS) is 12.6. The number of aliphatic carboxylic acids is 1. The molecule has 43 heavy (non-hydrogen) atoms. The summed E-state index contributed by atoms with van der Waals surface area (Å²) in [5.74, 6) is -2.90. The van der Waals surface area contributed by atoms with E-state index in [-0.39, 0.29) is 36.7 Å². The fourth-order valence-corrected chi connectivity index (χ4v) is 5.67. The summed E-state index contributed by atoms with van der Waals surface area (Å²) in [4.78, 5) is 43.6. The monoisotopic (exact) mass is 611 g/mol. The number of rotatable bonds is 15. The van der Waals surface area contributed by atoms with Gasteiger partial charge in [-0.05, 0) is 30.5 Å². The summed E-state index contributed by atoms with van der Waals surface area (Å²) in [6, 6.07) is 16.6. The van der Waals surface area contributed by atoms with Crippen LogP contribution in [0.15, 0.2) is 76.6 Å². The Kier molecular flexibility index (Phi) is 11.4. The average molecular weight is 612 g/mol. The number of hydrogen-bond donors (Lipinski definition) is 6. The van der Waals surface area contributed by atoms with E-state index in [0.717, 1.165) is 11.1 Å². The van der Waals surface area contributed by atoms with Crippen molar-refractivity contribution in [2.75, 3.05) is 32.1 Å². The van der Waals surface area contributed by atoms with Crippen LogP contribution in [0.25, 0.3) is 10.8 Å². The molecule has 0 aliphatic carbocycles. The van der Waals surface area contributed by atoms with Gasteiger partial charge >= 0.3 is 5.97 Å². The summed E-state index contributed by atoms with van der Waals surface area (Å²) in [5.41, 5.74) is 12.1. The lowest BCUT2D eigenvalue weighted by molar-refractivity contribution is -0.142. The Morgan fingerprint density at radius 3 is 2.23 bits per heavy atom. The third-order valence-electron chi connectivity index (χ3n) is 6.55. The minimum absolute atomic E-state index is 0.00473.